The van der Waals surface area contributed by atoms with Crippen LogP contribution in [0.4, 0.5) is 0 Å². The third-order valence-electron chi connectivity index (χ3n) is 4.17. The van der Waals surface area contributed by atoms with Crippen molar-refractivity contribution in [2.75, 3.05) is 20.6 Å². The highest BCUT2D eigenvalue weighted by Gasteiger charge is 2.27. The van der Waals surface area contributed by atoms with Gasteiger partial charge in [0, 0.05) is 29.1 Å². The Labute approximate surface area is 149 Å². The van der Waals surface area contributed by atoms with Crippen molar-refractivity contribution >= 4 is 34.2 Å². The first-order valence-corrected chi connectivity index (χ1v) is 9.25. The summed E-state index contributed by atoms with van der Waals surface area (Å²) in [5.74, 6) is 0.206. The Bertz CT molecular complexity index is 749. The van der Waals surface area contributed by atoms with Gasteiger partial charge in [0.1, 0.15) is 11.0 Å². The summed E-state index contributed by atoms with van der Waals surface area (Å²) in [4.78, 5) is 3.02. The zero-order chi connectivity index (χ0) is 16.6. The van der Waals surface area contributed by atoms with E-state index in [4.69, 9.17) is 23.2 Å². The number of hydrogen-bond donors (Lipinski definition) is 1. The molecule has 1 aliphatic rings. The first-order chi connectivity index (χ1) is 11.0. The summed E-state index contributed by atoms with van der Waals surface area (Å²) in [5, 5.41) is 1.38. The van der Waals surface area contributed by atoms with Crippen LogP contribution < -0.4 is 4.72 Å². The molecule has 1 aliphatic heterocycles. The fourth-order valence-electron chi connectivity index (χ4n) is 3.07. The fourth-order valence-corrected chi connectivity index (χ4v) is 4.26. The molecule has 3 nitrogen and oxygen atoms in total. The van der Waals surface area contributed by atoms with Crippen LogP contribution in [0.2, 0.25) is 10.0 Å². The van der Waals surface area contributed by atoms with E-state index in [-0.39, 0.29) is 5.92 Å². The average molecular weight is 369 g/mol. The molecule has 0 radical (unpaired) electrons. The molecule has 0 bridgehead atoms. The van der Waals surface area contributed by atoms with Crippen molar-refractivity contribution in [2.24, 2.45) is 0 Å². The van der Waals surface area contributed by atoms with Gasteiger partial charge in [-0.2, -0.15) is 0 Å². The second-order valence-electron chi connectivity index (χ2n) is 5.75. The molecule has 0 aliphatic carbocycles. The molecule has 6 heteroatoms. The number of nitrogens with zero attached hydrogens (tertiary/aromatic N) is 1. The molecule has 23 heavy (non-hydrogen) atoms. The van der Waals surface area contributed by atoms with Crippen molar-refractivity contribution in [2.45, 2.75) is 17.4 Å². The van der Waals surface area contributed by atoms with Gasteiger partial charge < -0.3 is 4.90 Å². The summed E-state index contributed by atoms with van der Waals surface area (Å²) < 4.78 is 14.5. The van der Waals surface area contributed by atoms with Gasteiger partial charge in [-0.1, -0.05) is 35.3 Å². The third kappa shape index (κ3) is 3.47. The minimum atomic E-state index is -1.17. The SMILES string of the molecule is CNS(=O)c1ccc(C2CN(C)Cc3c(Cl)cc(Cl)cc32)cc1. The van der Waals surface area contributed by atoms with Gasteiger partial charge in [0.15, 0.2) is 0 Å². The van der Waals surface area contributed by atoms with Gasteiger partial charge in [-0.25, -0.2) is 8.93 Å². The lowest BCUT2D eigenvalue weighted by Gasteiger charge is -2.33. The molecule has 0 saturated heterocycles. The molecule has 0 fully saturated rings. The highest BCUT2D eigenvalue weighted by molar-refractivity contribution is 7.83. The number of halogens is 2. The Hall–Kier alpha value is -0.910. The predicted molar refractivity (Wildman–Crippen MR) is 96.5 cm³/mol. The quantitative estimate of drug-likeness (QED) is 0.892. The van der Waals surface area contributed by atoms with Crippen LogP contribution in [0.5, 0.6) is 0 Å². The third-order valence-corrected chi connectivity index (χ3v) is 5.80. The average Bonchev–Trinajstić information content (AvgIpc) is 2.54. The van der Waals surface area contributed by atoms with Gasteiger partial charge in [0.05, 0.1) is 4.90 Å². The monoisotopic (exact) mass is 368 g/mol. The number of fused-ring (bicyclic) bond motifs is 1. The molecule has 0 saturated carbocycles. The second-order valence-corrected chi connectivity index (χ2v) is 8.01. The van der Waals surface area contributed by atoms with Gasteiger partial charge in [-0.3, -0.25) is 0 Å². The molecule has 1 heterocycles. The lowest BCUT2D eigenvalue weighted by atomic mass is 9.85. The summed E-state index contributed by atoms with van der Waals surface area (Å²) in [5.41, 5.74) is 3.49. The number of benzene rings is 2. The molecule has 2 unspecified atom stereocenters. The fraction of sp³-hybridized carbons (Fsp3) is 0.294. The zero-order valence-corrected chi connectivity index (χ0v) is 15.3. The summed E-state index contributed by atoms with van der Waals surface area (Å²) in [6.07, 6.45) is 0. The minimum Gasteiger partial charge on any atom is -0.301 e. The number of nitrogens with one attached hydrogen (secondary N) is 1. The summed E-state index contributed by atoms with van der Waals surface area (Å²) in [7, 11) is 2.60. The molecule has 122 valence electrons. The van der Waals surface area contributed by atoms with E-state index in [1.807, 2.05) is 30.3 Å². The number of likely N-dealkylation sites (N-methyl/N-ethyl adjacent to an activating group) is 1. The maximum absolute atomic E-state index is 11.8. The van der Waals surface area contributed by atoms with Crippen molar-refractivity contribution in [3.8, 4) is 0 Å². The summed E-state index contributed by atoms with van der Waals surface area (Å²) >= 11 is 12.6. The van der Waals surface area contributed by atoms with Crippen molar-refractivity contribution in [3.05, 3.63) is 63.1 Å². The molecule has 0 spiro atoms. The Morgan fingerprint density at radius 2 is 1.91 bits per heavy atom. The van der Waals surface area contributed by atoms with Crippen LogP contribution in [0, 0.1) is 0 Å². The smallest absolute Gasteiger partial charge is 0.124 e. The topological polar surface area (TPSA) is 32.3 Å². The molecule has 2 atom stereocenters. The molecular weight excluding hydrogens is 351 g/mol. The first kappa shape index (κ1) is 16.9. The Morgan fingerprint density at radius 3 is 2.57 bits per heavy atom. The molecule has 2 aromatic carbocycles. The van der Waals surface area contributed by atoms with Gasteiger partial charge in [0.25, 0.3) is 0 Å². The predicted octanol–water partition coefficient (Wildman–Crippen LogP) is 3.81. The molecule has 2 aromatic rings. The Morgan fingerprint density at radius 1 is 1.22 bits per heavy atom. The second kappa shape index (κ2) is 6.91. The number of rotatable bonds is 3. The van der Waals surface area contributed by atoms with Gasteiger partial charge in [-0.15, -0.1) is 0 Å². The van der Waals surface area contributed by atoms with Crippen molar-refractivity contribution in [1.29, 1.82) is 0 Å². The maximum atomic E-state index is 11.8. The van der Waals surface area contributed by atoms with Crippen LogP contribution in [0.15, 0.2) is 41.3 Å². The molecule has 0 aromatic heterocycles. The maximum Gasteiger partial charge on any atom is 0.124 e. The molecular formula is C17H18Cl2N2OS. The van der Waals surface area contributed by atoms with E-state index < -0.39 is 11.0 Å². The van der Waals surface area contributed by atoms with Crippen LogP contribution >= 0.6 is 23.2 Å². The highest BCUT2D eigenvalue weighted by Crippen LogP contribution is 2.38. The van der Waals surface area contributed by atoms with Crippen molar-refractivity contribution in [3.63, 3.8) is 0 Å². The lowest BCUT2D eigenvalue weighted by molar-refractivity contribution is 0.295. The minimum absolute atomic E-state index is 0.206. The van der Waals surface area contributed by atoms with Crippen molar-refractivity contribution < 1.29 is 4.21 Å². The van der Waals surface area contributed by atoms with Crippen LogP contribution in [-0.4, -0.2) is 29.7 Å². The normalized spacial score (nSPS) is 19.4. The lowest BCUT2D eigenvalue weighted by Crippen LogP contribution is -2.31. The van der Waals surface area contributed by atoms with E-state index in [0.717, 1.165) is 28.6 Å². The van der Waals surface area contributed by atoms with Crippen LogP contribution in [-0.2, 0) is 17.5 Å². The first-order valence-electron chi connectivity index (χ1n) is 7.35. The van der Waals surface area contributed by atoms with Crippen LogP contribution in [0.3, 0.4) is 0 Å². The van der Waals surface area contributed by atoms with Gasteiger partial charge in [-0.05, 0) is 55.1 Å². The molecule has 1 N–H and O–H groups in total. The largest absolute Gasteiger partial charge is 0.301 e. The van der Waals surface area contributed by atoms with E-state index in [1.54, 1.807) is 13.1 Å². The summed E-state index contributed by atoms with van der Waals surface area (Å²) in [6.45, 7) is 1.72. The van der Waals surface area contributed by atoms with E-state index >= 15 is 0 Å². The van der Waals surface area contributed by atoms with Gasteiger partial charge >= 0.3 is 0 Å². The van der Waals surface area contributed by atoms with Crippen molar-refractivity contribution in [1.82, 2.24) is 9.62 Å². The van der Waals surface area contributed by atoms with Gasteiger partial charge in [0.2, 0.25) is 0 Å². The van der Waals surface area contributed by atoms with Crippen LogP contribution in [0.25, 0.3) is 0 Å². The number of hydrogen-bond acceptors (Lipinski definition) is 2. The molecule has 0 amide bonds. The van der Waals surface area contributed by atoms with E-state index in [1.165, 1.54) is 11.1 Å². The zero-order valence-electron chi connectivity index (χ0n) is 13.0. The Kier molecular flexibility index (Phi) is 5.09. The molecule has 3 rings (SSSR count). The van der Waals surface area contributed by atoms with E-state index in [2.05, 4.69) is 16.7 Å². The Balaban J connectivity index is 2.02. The van der Waals surface area contributed by atoms with Crippen LogP contribution in [0.1, 0.15) is 22.6 Å². The van der Waals surface area contributed by atoms with E-state index in [0.29, 0.717) is 5.02 Å². The van der Waals surface area contributed by atoms with E-state index in [9.17, 15) is 4.21 Å². The summed E-state index contributed by atoms with van der Waals surface area (Å²) in [6, 6.07) is 11.7. The standard InChI is InChI=1S/C17H18Cl2N2OS/c1-20-23(22)13-5-3-11(4-6-13)15-9-21(2)10-16-14(15)7-12(18)8-17(16)19/h3-8,15,20H,9-10H2,1-2H3. The highest BCUT2D eigenvalue weighted by atomic mass is 35.5.